The highest BCUT2D eigenvalue weighted by molar-refractivity contribution is 5.94. The zero-order chi connectivity index (χ0) is 20.1. The van der Waals surface area contributed by atoms with Gasteiger partial charge in [0.05, 0.1) is 7.11 Å². The zero-order valence-corrected chi connectivity index (χ0v) is 18.3. The lowest BCUT2D eigenvalue weighted by molar-refractivity contribution is 0.0684. The molecule has 0 aliphatic rings. The predicted molar refractivity (Wildman–Crippen MR) is 116 cm³/mol. The quantitative estimate of drug-likeness (QED) is 0.368. The standard InChI is InChI=1S/C24H41NO2/c1-6-10-13-20(8-3)18-25(19-21(9-4)14-11-7-2)24(26)22-15-12-16-23(17-22)27-5/h12,15-17,20-21H,6-11,13-14,18-19H2,1-5H3. The van der Waals surface area contributed by atoms with Crippen LogP contribution in [0.3, 0.4) is 0 Å². The van der Waals surface area contributed by atoms with E-state index in [1.165, 1.54) is 38.5 Å². The molecule has 1 aromatic rings. The molecule has 0 radical (unpaired) electrons. The van der Waals surface area contributed by atoms with E-state index in [9.17, 15) is 4.79 Å². The maximum Gasteiger partial charge on any atom is 0.254 e. The minimum absolute atomic E-state index is 0.152. The Balaban J connectivity index is 2.97. The molecule has 0 aliphatic carbocycles. The number of rotatable bonds is 14. The first kappa shape index (κ1) is 23.5. The van der Waals surface area contributed by atoms with Crippen molar-refractivity contribution < 1.29 is 9.53 Å². The lowest BCUT2D eigenvalue weighted by Gasteiger charge is -2.31. The van der Waals surface area contributed by atoms with Crippen molar-refractivity contribution in [2.45, 2.75) is 79.1 Å². The Hall–Kier alpha value is -1.51. The molecule has 0 aliphatic heterocycles. The zero-order valence-electron chi connectivity index (χ0n) is 18.3. The summed E-state index contributed by atoms with van der Waals surface area (Å²) in [5.41, 5.74) is 0.741. The maximum atomic E-state index is 13.3. The Bertz CT molecular complexity index is 511. The third-order valence-corrected chi connectivity index (χ3v) is 5.65. The van der Waals surface area contributed by atoms with Crippen LogP contribution in [0.1, 0.15) is 89.4 Å². The number of hydrogen-bond acceptors (Lipinski definition) is 2. The van der Waals surface area contributed by atoms with Crippen LogP contribution in [0.25, 0.3) is 0 Å². The van der Waals surface area contributed by atoms with Gasteiger partial charge in [-0.3, -0.25) is 4.79 Å². The van der Waals surface area contributed by atoms with E-state index in [0.717, 1.165) is 37.2 Å². The van der Waals surface area contributed by atoms with Gasteiger partial charge in [0.2, 0.25) is 0 Å². The van der Waals surface area contributed by atoms with E-state index in [1.54, 1.807) is 7.11 Å². The van der Waals surface area contributed by atoms with Crippen LogP contribution >= 0.6 is 0 Å². The van der Waals surface area contributed by atoms with E-state index >= 15 is 0 Å². The van der Waals surface area contributed by atoms with Crippen molar-refractivity contribution in [3.05, 3.63) is 29.8 Å². The monoisotopic (exact) mass is 375 g/mol. The summed E-state index contributed by atoms with van der Waals surface area (Å²) in [7, 11) is 1.65. The molecule has 3 heteroatoms. The number of hydrogen-bond donors (Lipinski definition) is 0. The van der Waals surface area contributed by atoms with E-state index < -0.39 is 0 Å². The lowest BCUT2D eigenvalue weighted by atomic mass is 9.95. The van der Waals surface area contributed by atoms with Gasteiger partial charge in [0.25, 0.3) is 5.91 Å². The summed E-state index contributed by atoms with van der Waals surface area (Å²) >= 11 is 0. The van der Waals surface area contributed by atoms with Crippen LogP contribution in [0.15, 0.2) is 24.3 Å². The molecule has 0 N–H and O–H groups in total. The molecule has 2 atom stereocenters. The second-order valence-corrected chi connectivity index (χ2v) is 7.78. The Kier molecular flexibility index (Phi) is 11.9. The van der Waals surface area contributed by atoms with Crippen LogP contribution in [-0.4, -0.2) is 31.0 Å². The molecular formula is C24H41NO2. The van der Waals surface area contributed by atoms with Crippen LogP contribution < -0.4 is 4.74 Å². The molecule has 0 aromatic heterocycles. The Morgan fingerprint density at radius 3 is 1.96 bits per heavy atom. The number of nitrogens with zero attached hydrogens (tertiary/aromatic N) is 1. The summed E-state index contributed by atoms with van der Waals surface area (Å²) in [6.45, 7) is 10.7. The van der Waals surface area contributed by atoms with Crippen molar-refractivity contribution in [2.24, 2.45) is 11.8 Å². The maximum absolute atomic E-state index is 13.3. The summed E-state index contributed by atoms with van der Waals surface area (Å²) in [5.74, 6) is 2.07. The minimum atomic E-state index is 0.152. The first-order valence-electron chi connectivity index (χ1n) is 11.0. The molecular weight excluding hydrogens is 334 g/mol. The van der Waals surface area contributed by atoms with Gasteiger partial charge in [-0.2, -0.15) is 0 Å². The Morgan fingerprint density at radius 1 is 0.963 bits per heavy atom. The number of unbranched alkanes of at least 4 members (excludes halogenated alkanes) is 2. The lowest BCUT2D eigenvalue weighted by Crippen LogP contribution is -2.39. The highest BCUT2D eigenvalue weighted by atomic mass is 16.5. The van der Waals surface area contributed by atoms with Crippen molar-refractivity contribution >= 4 is 5.91 Å². The first-order chi connectivity index (χ1) is 13.1. The van der Waals surface area contributed by atoms with Gasteiger partial charge in [-0.25, -0.2) is 0 Å². The number of ether oxygens (including phenoxy) is 1. The topological polar surface area (TPSA) is 29.5 Å². The number of methoxy groups -OCH3 is 1. The van der Waals surface area contributed by atoms with Gasteiger partial charge in [-0.1, -0.05) is 72.3 Å². The van der Waals surface area contributed by atoms with E-state index in [1.807, 2.05) is 24.3 Å². The van der Waals surface area contributed by atoms with Crippen LogP contribution in [0, 0.1) is 11.8 Å². The molecule has 154 valence electrons. The van der Waals surface area contributed by atoms with Gasteiger partial charge in [0.1, 0.15) is 5.75 Å². The molecule has 1 aromatic carbocycles. The van der Waals surface area contributed by atoms with Gasteiger partial charge in [0, 0.05) is 18.7 Å². The molecule has 0 bridgehead atoms. The molecule has 0 fully saturated rings. The average molecular weight is 376 g/mol. The van der Waals surface area contributed by atoms with Crippen LogP contribution in [0.2, 0.25) is 0 Å². The second kappa shape index (κ2) is 13.6. The van der Waals surface area contributed by atoms with Gasteiger partial charge >= 0.3 is 0 Å². The Morgan fingerprint density at radius 2 is 1.52 bits per heavy atom. The Labute approximate surface area is 167 Å². The van der Waals surface area contributed by atoms with E-state index in [0.29, 0.717) is 11.8 Å². The fraction of sp³-hybridized carbons (Fsp3) is 0.708. The number of carbonyl (C=O) groups is 1. The second-order valence-electron chi connectivity index (χ2n) is 7.78. The molecule has 0 saturated carbocycles. The molecule has 2 unspecified atom stereocenters. The average Bonchev–Trinajstić information content (AvgIpc) is 2.72. The summed E-state index contributed by atoms with van der Waals surface area (Å²) in [6, 6.07) is 7.59. The van der Waals surface area contributed by atoms with Crippen LogP contribution in [-0.2, 0) is 0 Å². The molecule has 1 rings (SSSR count). The van der Waals surface area contributed by atoms with E-state index in [2.05, 4.69) is 32.6 Å². The number of carbonyl (C=O) groups excluding carboxylic acids is 1. The normalized spacial score (nSPS) is 13.2. The smallest absolute Gasteiger partial charge is 0.254 e. The molecule has 0 saturated heterocycles. The van der Waals surface area contributed by atoms with E-state index in [4.69, 9.17) is 4.74 Å². The van der Waals surface area contributed by atoms with Crippen molar-refractivity contribution in [3.63, 3.8) is 0 Å². The SMILES string of the molecule is CCCCC(CC)CN(CC(CC)CCCC)C(=O)c1cccc(OC)c1. The third kappa shape index (κ3) is 8.36. The van der Waals surface area contributed by atoms with Crippen molar-refractivity contribution in [2.75, 3.05) is 20.2 Å². The fourth-order valence-corrected chi connectivity index (χ4v) is 3.64. The highest BCUT2D eigenvalue weighted by Gasteiger charge is 2.22. The van der Waals surface area contributed by atoms with E-state index in [-0.39, 0.29) is 5.91 Å². The predicted octanol–water partition coefficient (Wildman–Crippen LogP) is 6.57. The summed E-state index contributed by atoms with van der Waals surface area (Å²) in [5, 5.41) is 0. The van der Waals surface area contributed by atoms with Crippen molar-refractivity contribution in [1.29, 1.82) is 0 Å². The summed E-state index contributed by atoms with van der Waals surface area (Å²) < 4.78 is 5.32. The highest BCUT2D eigenvalue weighted by Crippen LogP contribution is 2.22. The summed E-state index contributed by atoms with van der Waals surface area (Å²) in [4.78, 5) is 15.5. The molecule has 0 heterocycles. The molecule has 0 spiro atoms. The summed E-state index contributed by atoms with van der Waals surface area (Å²) in [6.07, 6.45) is 9.60. The van der Waals surface area contributed by atoms with Gasteiger partial charge in [0.15, 0.2) is 0 Å². The van der Waals surface area contributed by atoms with Gasteiger partial charge in [-0.15, -0.1) is 0 Å². The largest absolute Gasteiger partial charge is 0.497 e. The third-order valence-electron chi connectivity index (χ3n) is 5.65. The van der Waals surface area contributed by atoms with Crippen molar-refractivity contribution in [3.8, 4) is 5.75 Å². The first-order valence-corrected chi connectivity index (χ1v) is 11.0. The number of benzene rings is 1. The fourth-order valence-electron chi connectivity index (χ4n) is 3.64. The van der Waals surface area contributed by atoms with Crippen LogP contribution in [0.5, 0.6) is 5.75 Å². The van der Waals surface area contributed by atoms with Crippen LogP contribution in [0.4, 0.5) is 0 Å². The van der Waals surface area contributed by atoms with Gasteiger partial charge < -0.3 is 9.64 Å². The molecule has 1 amide bonds. The van der Waals surface area contributed by atoms with Gasteiger partial charge in [-0.05, 0) is 42.9 Å². The molecule has 3 nitrogen and oxygen atoms in total. The number of amides is 1. The van der Waals surface area contributed by atoms with Crippen molar-refractivity contribution in [1.82, 2.24) is 4.90 Å². The minimum Gasteiger partial charge on any atom is -0.497 e. The molecule has 27 heavy (non-hydrogen) atoms.